The van der Waals surface area contributed by atoms with Gasteiger partial charge in [0.1, 0.15) is 0 Å². The summed E-state index contributed by atoms with van der Waals surface area (Å²) in [7, 11) is 1.93. The Kier molecular flexibility index (Phi) is 2.43. The zero-order valence-corrected chi connectivity index (χ0v) is 8.63. The molecule has 0 amide bonds. The maximum absolute atomic E-state index is 11.5. The summed E-state index contributed by atoms with van der Waals surface area (Å²) in [6, 6.07) is -0.350. The molecule has 5 heteroatoms. The third-order valence-corrected chi connectivity index (χ3v) is 3.88. The Hall–Kier alpha value is -0.545. The summed E-state index contributed by atoms with van der Waals surface area (Å²) < 4.78 is 23.8. The zero-order valence-electron chi connectivity index (χ0n) is 7.82. The molecule has 0 aromatic heterocycles. The summed E-state index contributed by atoms with van der Waals surface area (Å²) >= 11 is 0. The molecular weight excluding hydrogens is 185 g/mol. The Morgan fingerprint density at radius 3 is 2.08 bits per heavy atom. The average molecular weight is 197 g/mol. The van der Waals surface area contributed by atoms with Crippen LogP contribution in [-0.2, 0) is 10.0 Å². The van der Waals surface area contributed by atoms with Gasteiger partial charge in [-0.3, -0.25) is 0 Å². The van der Waals surface area contributed by atoms with Gasteiger partial charge in [-0.2, -0.15) is 0 Å². The van der Waals surface area contributed by atoms with Gasteiger partial charge in [0, 0.05) is 6.04 Å². The SMILES string of the molecule is [B]N1C(C(C)C)C(=C)C(=C)S1(=O)=O. The molecule has 0 spiro atoms. The second-order valence-corrected chi connectivity index (χ2v) is 5.34. The maximum atomic E-state index is 11.5. The second-order valence-electron chi connectivity index (χ2n) is 3.47. The lowest BCUT2D eigenvalue weighted by Crippen LogP contribution is -2.34. The Balaban J connectivity index is 3.22. The van der Waals surface area contributed by atoms with Crippen molar-refractivity contribution >= 4 is 18.0 Å². The second kappa shape index (κ2) is 2.99. The lowest BCUT2D eigenvalue weighted by molar-refractivity contribution is 0.423. The van der Waals surface area contributed by atoms with Gasteiger partial charge < -0.3 is 0 Å². The van der Waals surface area contributed by atoms with E-state index in [9.17, 15) is 8.42 Å². The molecule has 0 aromatic carbocycles. The van der Waals surface area contributed by atoms with E-state index in [-0.39, 0.29) is 16.9 Å². The molecule has 1 aliphatic heterocycles. The molecule has 1 heterocycles. The number of hydrogen-bond donors (Lipinski definition) is 0. The van der Waals surface area contributed by atoms with Gasteiger partial charge in [-0.05, 0) is 11.5 Å². The smallest absolute Gasteiger partial charge is 0.232 e. The number of nitrogens with zero attached hydrogens (tertiary/aromatic N) is 1. The van der Waals surface area contributed by atoms with Crippen molar-refractivity contribution in [3.63, 3.8) is 0 Å². The molecule has 1 rings (SSSR count). The van der Waals surface area contributed by atoms with Gasteiger partial charge in [-0.15, -0.1) is 0 Å². The first kappa shape index (κ1) is 10.5. The van der Waals surface area contributed by atoms with Crippen LogP contribution in [0.15, 0.2) is 23.6 Å². The van der Waals surface area contributed by atoms with Crippen molar-refractivity contribution < 1.29 is 8.42 Å². The van der Waals surface area contributed by atoms with Crippen molar-refractivity contribution in [1.82, 2.24) is 4.22 Å². The highest BCUT2D eigenvalue weighted by molar-refractivity contribution is 7.94. The highest BCUT2D eigenvalue weighted by Gasteiger charge is 2.41. The molecule has 0 N–H and O–H groups in total. The molecule has 3 nitrogen and oxygen atoms in total. The lowest BCUT2D eigenvalue weighted by atomic mass is 9.95. The average Bonchev–Trinajstić information content (AvgIpc) is 2.14. The minimum atomic E-state index is -3.53. The minimum absolute atomic E-state index is 0.0358. The van der Waals surface area contributed by atoms with Crippen LogP contribution >= 0.6 is 0 Å². The van der Waals surface area contributed by atoms with Crippen molar-refractivity contribution in [2.75, 3.05) is 0 Å². The van der Waals surface area contributed by atoms with Crippen LogP contribution in [0.2, 0.25) is 0 Å². The van der Waals surface area contributed by atoms with Crippen LogP contribution in [0, 0.1) is 5.92 Å². The molecular formula is C8H12BNO2S. The van der Waals surface area contributed by atoms with Crippen LogP contribution in [0.5, 0.6) is 0 Å². The molecule has 0 aliphatic carbocycles. The summed E-state index contributed by atoms with van der Waals surface area (Å²) in [5.41, 5.74) is 0.498. The van der Waals surface area contributed by atoms with Gasteiger partial charge in [-0.25, -0.2) is 12.6 Å². The quantitative estimate of drug-likeness (QED) is 0.583. The van der Waals surface area contributed by atoms with Crippen LogP contribution in [-0.4, -0.2) is 26.7 Å². The highest BCUT2D eigenvalue weighted by Crippen LogP contribution is 2.35. The first-order valence-corrected chi connectivity index (χ1v) is 5.41. The standard InChI is InChI=1S/C8H12BNO2S/c1-5(2)8-6(3)7(4)13(11,12)10(8)9/h5,8H,3-4H2,1-2H3. The minimum Gasteiger partial charge on any atom is -0.245 e. The summed E-state index contributed by atoms with van der Waals surface area (Å²) in [5, 5.41) is 0. The van der Waals surface area contributed by atoms with Crippen LogP contribution in [0.1, 0.15) is 13.8 Å². The predicted molar refractivity (Wildman–Crippen MR) is 53.4 cm³/mol. The highest BCUT2D eigenvalue weighted by atomic mass is 32.2. The molecule has 70 valence electrons. The molecule has 1 unspecified atom stereocenters. The van der Waals surface area contributed by atoms with Crippen molar-refractivity contribution in [2.24, 2.45) is 5.92 Å². The van der Waals surface area contributed by atoms with Gasteiger partial charge in [0.15, 0.2) is 0 Å². The Morgan fingerprint density at radius 1 is 1.46 bits per heavy atom. The van der Waals surface area contributed by atoms with E-state index in [1.807, 2.05) is 13.8 Å². The number of hydrogen-bond acceptors (Lipinski definition) is 2. The summed E-state index contributed by atoms with van der Waals surface area (Å²) in [4.78, 5) is 0.0358. The van der Waals surface area contributed by atoms with E-state index in [1.165, 1.54) is 0 Å². The molecule has 1 saturated heterocycles. The van der Waals surface area contributed by atoms with Crippen LogP contribution in [0.25, 0.3) is 0 Å². The van der Waals surface area contributed by atoms with E-state index in [1.54, 1.807) is 0 Å². The normalized spacial score (nSPS) is 28.7. The summed E-state index contributed by atoms with van der Waals surface area (Å²) in [5.74, 6) is 0.103. The molecule has 2 radical (unpaired) electrons. The third kappa shape index (κ3) is 1.36. The van der Waals surface area contributed by atoms with E-state index >= 15 is 0 Å². The first-order chi connectivity index (χ1) is 5.80. The van der Waals surface area contributed by atoms with Crippen LogP contribution < -0.4 is 0 Å². The van der Waals surface area contributed by atoms with Crippen LogP contribution in [0.4, 0.5) is 0 Å². The maximum Gasteiger partial charge on any atom is 0.232 e. The fraction of sp³-hybridized carbons (Fsp3) is 0.500. The van der Waals surface area contributed by atoms with Gasteiger partial charge in [-0.1, -0.05) is 27.0 Å². The Labute approximate surface area is 80.6 Å². The molecule has 1 atom stereocenters. The molecule has 13 heavy (non-hydrogen) atoms. The number of sulfonamides is 1. The van der Waals surface area contributed by atoms with Crippen molar-refractivity contribution in [3.8, 4) is 0 Å². The molecule has 1 aliphatic rings. The van der Waals surface area contributed by atoms with E-state index in [2.05, 4.69) is 13.2 Å². The molecule has 0 bridgehead atoms. The molecule has 0 saturated carbocycles. The fourth-order valence-corrected chi connectivity index (χ4v) is 2.83. The predicted octanol–water partition coefficient (Wildman–Crippen LogP) is 0.810. The summed E-state index contributed by atoms with van der Waals surface area (Å²) in [6.07, 6.45) is 0. The van der Waals surface area contributed by atoms with E-state index < -0.39 is 10.0 Å². The third-order valence-electron chi connectivity index (χ3n) is 2.21. The lowest BCUT2D eigenvalue weighted by Gasteiger charge is -2.22. The fourth-order valence-electron chi connectivity index (χ4n) is 1.46. The van der Waals surface area contributed by atoms with Crippen molar-refractivity contribution in [1.29, 1.82) is 0 Å². The summed E-state index contributed by atoms with van der Waals surface area (Å²) in [6.45, 7) is 10.9. The number of rotatable bonds is 1. The van der Waals surface area contributed by atoms with Gasteiger partial charge >= 0.3 is 0 Å². The van der Waals surface area contributed by atoms with Crippen LogP contribution in [0.3, 0.4) is 0 Å². The van der Waals surface area contributed by atoms with Crippen molar-refractivity contribution in [3.05, 3.63) is 23.6 Å². The van der Waals surface area contributed by atoms with E-state index in [4.69, 9.17) is 7.98 Å². The Morgan fingerprint density at radius 2 is 1.92 bits per heavy atom. The van der Waals surface area contributed by atoms with E-state index in [0.717, 1.165) is 4.22 Å². The topological polar surface area (TPSA) is 37.4 Å². The van der Waals surface area contributed by atoms with Gasteiger partial charge in [0.2, 0.25) is 18.0 Å². The molecule has 0 aromatic rings. The zero-order chi connectivity index (χ0) is 10.4. The van der Waals surface area contributed by atoms with Crippen molar-refractivity contribution in [2.45, 2.75) is 19.9 Å². The van der Waals surface area contributed by atoms with E-state index in [0.29, 0.717) is 5.57 Å². The largest absolute Gasteiger partial charge is 0.245 e. The van der Waals surface area contributed by atoms with Gasteiger partial charge in [0.25, 0.3) is 0 Å². The molecule has 1 fully saturated rings. The monoisotopic (exact) mass is 197 g/mol. The Bertz CT molecular complexity index is 358. The first-order valence-electron chi connectivity index (χ1n) is 3.97. The van der Waals surface area contributed by atoms with Gasteiger partial charge in [0.05, 0.1) is 4.91 Å².